The van der Waals surface area contributed by atoms with Crippen molar-refractivity contribution in [3.8, 4) is 5.75 Å². The first-order chi connectivity index (χ1) is 8.95. The lowest BCUT2D eigenvalue weighted by molar-refractivity contribution is -0.276. The quantitative estimate of drug-likeness (QED) is 0.672. The number of hydrogen-bond donors (Lipinski definition) is 1. The minimum atomic E-state index is -5.27. The smallest absolute Gasteiger partial charge is 0.402 e. The molecule has 12 heteroatoms. The van der Waals surface area contributed by atoms with Gasteiger partial charge in [0.1, 0.15) is 10.6 Å². The van der Waals surface area contributed by atoms with Crippen LogP contribution in [0.25, 0.3) is 0 Å². The van der Waals surface area contributed by atoms with E-state index in [2.05, 4.69) is 9.72 Å². The Kier molecular flexibility index (Phi) is 4.77. The third-order valence-corrected chi connectivity index (χ3v) is 3.25. The van der Waals surface area contributed by atoms with Gasteiger partial charge in [0.2, 0.25) is 0 Å². The van der Waals surface area contributed by atoms with E-state index in [1.54, 1.807) is 0 Å². The van der Waals surface area contributed by atoms with Crippen molar-refractivity contribution in [2.75, 3.05) is 0 Å². The third-order valence-electron chi connectivity index (χ3n) is 1.93. The number of hydrogen-bond acceptors (Lipinski definition) is 5. The van der Waals surface area contributed by atoms with Gasteiger partial charge in [-0.05, 0) is 6.07 Å². The summed E-state index contributed by atoms with van der Waals surface area (Å²) in [5.41, 5.74) is 3.17. The summed E-state index contributed by atoms with van der Waals surface area (Å²) in [6, 6.07) is 0.202. The predicted octanol–water partition coefficient (Wildman–Crippen LogP) is 2.30. The average molecular weight is 341 g/mol. The van der Waals surface area contributed by atoms with Crippen LogP contribution in [0.2, 0.25) is 0 Å². The minimum absolute atomic E-state index is 0.202. The first-order valence-corrected chi connectivity index (χ1v) is 6.99. The molecular formula is C8H6ClF5N2O3S. The monoisotopic (exact) mass is 340 g/mol. The minimum Gasteiger partial charge on any atom is -0.402 e. The van der Waals surface area contributed by atoms with Crippen molar-refractivity contribution in [1.82, 2.24) is 4.98 Å². The Bertz CT molecular complexity index is 605. The van der Waals surface area contributed by atoms with Gasteiger partial charge in [-0.3, -0.25) is 0 Å². The zero-order valence-corrected chi connectivity index (χ0v) is 10.9. The summed E-state index contributed by atoms with van der Waals surface area (Å²) in [6.45, 7) is -0.759. The summed E-state index contributed by atoms with van der Waals surface area (Å²) in [7, 11) is 0.133. The van der Waals surface area contributed by atoms with Crippen LogP contribution in [-0.2, 0) is 15.6 Å². The van der Waals surface area contributed by atoms with Crippen molar-refractivity contribution in [2.24, 2.45) is 5.73 Å². The molecular weight excluding hydrogens is 335 g/mol. The second kappa shape index (κ2) is 5.66. The lowest BCUT2D eigenvalue weighted by Crippen LogP contribution is -2.21. The van der Waals surface area contributed by atoms with Crippen molar-refractivity contribution >= 4 is 19.7 Å². The number of rotatable bonds is 4. The molecule has 2 N–H and O–H groups in total. The number of nitrogens with two attached hydrogens (primary N) is 1. The zero-order valence-electron chi connectivity index (χ0n) is 9.29. The average Bonchev–Trinajstić information content (AvgIpc) is 2.25. The van der Waals surface area contributed by atoms with Gasteiger partial charge in [0, 0.05) is 17.2 Å². The molecule has 1 heterocycles. The van der Waals surface area contributed by atoms with Gasteiger partial charge >= 0.3 is 6.36 Å². The molecule has 0 bridgehead atoms. The number of halogens is 6. The van der Waals surface area contributed by atoms with Crippen molar-refractivity contribution in [2.45, 2.75) is 24.2 Å². The number of pyridine rings is 1. The van der Waals surface area contributed by atoms with E-state index in [1.165, 1.54) is 0 Å². The Morgan fingerprint density at radius 3 is 2.30 bits per heavy atom. The molecule has 0 saturated carbocycles. The van der Waals surface area contributed by atoms with Crippen molar-refractivity contribution in [1.29, 1.82) is 0 Å². The summed E-state index contributed by atoms with van der Waals surface area (Å²) < 4.78 is 87.5. The van der Waals surface area contributed by atoms with Crippen LogP contribution in [0.4, 0.5) is 22.0 Å². The Labute approximate surface area is 113 Å². The van der Waals surface area contributed by atoms with Crippen LogP contribution in [0.3, 0.4) is 0 Å². The molecule has 1 aromatic rings. The summed E-state index contributed by atoms with van der Waals surface area (Å²) in [6.07, 6.45) is -8.49. The van der Waals surface area contributed by atoms with Crippen molar-refractivity contribution < 1.29 is 35.1 Å². The van der Waals surface area contributed by atoms with Crippen LogP contribution in [0.1, 0.15) is 17.8 Å². The molecule has 5 nitrogen and oxygen atoms in total. The first-order valence-electron chi connectivity index (χ1n) is 4.68. The third kappa shape index (κ3) is 4.15. The number of alkyl halides is 5. The number of ether oxygens (including phenoxy) is 1. The molecule has 114 valence electrons. The maximum absolute atomic E-state index is 12.5. The predicted molar refractivity (Wildman–Crippen MR) is 56.8 cm³/mol. The fourth-order valence-electron chi connectivity index (χ4n) is 1.24. The van der Waals surface area contributed by atoms with Gasteiger partial charge in [0.15, 0.2) is 5.75 Å². The maximum Gasteiger partial charge on any atom is 0.573 e. The Morgan fingerprint density at radius 1 is 1.40 bits per heavy atom. The highest BCUT2D eigenvalue weighted by Crippen LogP contribution is 2.36. The van der Waals surface area contributed by atoms with Crippen LogP contribution in [0.15, 0.2) is 11.0 Å². The molecule has 0 aliphatic heterocycles. The van der Waals surface area contributed by atoms with Crippen LogP contribution in [0.5, 0.6) is 5.75 Å². The normalized spacial score (nSPS) is 12.8. The van der Waals surface area contributed by atoms with E-state index in [0.29, 0.717) is 0 Å². The van der Waals surface area contributed by atoms with Gasteiger partial charge in [0.25, 0.3) is 15.5 Å². The van der Waals surface area contributed by atoms with E-state index in [9.17, 15) is 30.4 Å². The van der Waals surface area contributed by atoms with Gasteiger partial charge in [-0.15, -0.1) is 13.2 Å². The molecule has 20 heavy (non-hydrogen) atoms. The fraction of sp³-hybridized carbons (Fsp3) is 0.375. The Balaban J connectivity index is 3.61. The molecule has 0 aliphatic rings. The van der Waals surface area contributed by atoms with E-state index >= 15 is 0 Å². The topological polar surface area (TPSA) is 82.3 Å². The second-order valence-electron chi connectivity index (χ2n) is 3.31. The molecule has 0 aliphatic carbocycles. The standard InChI is InChI=1S/C8H6ClF5N2O3S/c9-20(17,18)5-1-3(7(10)11)16-4(2-15)6(5)19-8(12,13)14/h1,7H,2,15H2. The molecule has 0 aromatic carbocycles. The van der Waals surface area contributed by atoms with Gasteiger partial charge in [-0.1, -0.05) is 0 Å². The summed E-state index contributed by atoms with van der Waals surface area (Å²) in [4.78, 5) is 1.85. The Morgan fingerprint density at radius 2 is 1.95 bits per heavy atom. The number of aromatic nitrogens is 1. The van der Waals surface area contributed by atoms with E-state index < -0.39 is 50.4 Å². The van der Waals surface area contributed by atoms with Crippen molar-refractivity contribution in [3.63, 3.8) is 0 Å². The summed E-state index contributed by atoms with van der Waals surface area (Å²) in [5, 5.41) is 0. The molecule has 0 spiro atoms. The van der Waals surface area contributed by atoms with E-state index in [1.807, 2.05) is 0 Å². The van der Waals surface area contributed by atoms with Gasteiger partial charge in [-0.25, -0.2) is 22.2 Å². The molecule has 1 rings (SSSR count). The van der Waals surface area contributed by atoms with Crippen LogP contribution < -0.4 is 10.5 Å². The summed E-state index contributed by atoms with van der Waals surface area (Å²) in [5.74, 6) is -1.32. The molecule has 0 saturated heterocycles. The van der Waals surface area contributed by atoms with E-state index in [4.69, 9.17) is 16.4 Å². The molecule has 0 amide bonds. The van der Waals surface area contributed by atoms with E-state index in [-0.39, 0.29) is 6.07 Å². The second-order valence-corrected chi connectivity index (χ2v) is 5.85. The largest absolute Gasteiger partial charge is 0.573 e. The SMILES string of the molecule is NCc1nc(C(F)F)cc(S(=O)(=O)Cl)c1OC(F)(F)F. The lowest BCUT2D eigenvalue weighted by Gasteiger charge is -2.15. The molecule has 1 aromatic heterocycles. The van der Waals surface area contributed by atoms with Crippen LogP contribution >= 0.6 is 10.7 Å². The van der Waals surface area contributed by atoms with Gasteiger partial charge in [0.05, 0.1) is 5.69 Å². The Hall–Kier alpha value is -1.20. The lowest BCUT2D eigenvalue weighted by atomic mass is 10.2. The zero-order chi connectivity index (χ0) is 15.7. The highest BCUT2D eigenvalue weighted by Gasteiger charge is 2.36. The molecule has 0 unspecified atom stereocenters. The summed E-state index contributed by atoms with van der Waals surface area (Å²) >= 11 is 0. The number of nitrogens with zero attached hydrogens (tertiary/aromatic N) is 1. The van der Waals surface area contributed by atoms with Gasteiger partial charge < -0.3 is 10.5 Å². The van der Waals surface area contributed by atoms with E-state index in [0.717, 1.165) is 0 Å². The highest BCUT2D eigenvalue weighted by molar-refractivity contribution is 8.13. The van der Waals surface area contributed by atoms with Crippen molar-refractivity contribution in [3.05, 3.63) is 17.5 Å². The van der Waals surface area contributed by atoms with Crippen LogP contribution in [0, 0.1) is 0 Å². The van der Waals surface area contributed by atoms with Gasteiger partial charge in [-0.2, -0.15) is 0 Å². The molecule has 0 radical (unpaired) electrons. The maximum atomic E-state index is 12.5. The highest BCUT2D eigenvalue weighted by atomic mass is 35.7. The molecule has 0 fully saturated rings. The fourth-order valence-corrected chi connectivity index (χ4v) is 2.22. The first kappa shape index (κ1) is 16.9. The van der Waals surface area contributed by atoms with Crippen LogP contribution in [-0.4, -0.2) is 19.8 Å². The molecule has 0 atom stereocenters.